The third-order valence-corrected chi connectivity index (χ3v) is 4.26. The lowest BCUT2D eigenvalue weighted by molar-refractivity contribution is 1.31. The summed E-state index contributed by atoms with van der Waals surface area (Å²) in [7, 11) is 0. The van der Waals surface area contributed by atoms with E-state index < -0.39 is 0 Å². The molecule has 0 saturated carbocycles. The van der Waals surface area contributed by atoms with Gasteiger partial charge in [-0.1, -0.05) is 0 Å². The van der Waals surface area contributed by atoms with Crippen molar-refractivity contribution in [3.05, 3.63) is 65.2 Å². The van der Waals surface area contributed by atoms with Crippen LogP contribution < -0.4 is 5.73 Å². The highest BCUT2D eigenvalue weighted by Crippen LogP contribution is 2.22. The zero-order valence-electron chi connectivity index (χ0n) is 13.3. The zero-order chi connectivity index (χ0) is 16.8. The Labute approximate surface area is 143 Å². The van der Waals surface area contributed by atoms with E-state index in [4.69, 9.17) is 5.73 Å². The molecule has 4 N–H and O–H groups in total. The van der Waals surface area contributed by atoms with Gasteiger partial charge in [-0.05, 0) is 66.8 Å². The van der Waals surface area contributed by atoms with Crippen LogP contribution in [0.3, 0.4) is 0 Å². The average molecular weight is 325 g/mol. The Morgan fingerprint density at radius 3 is 1.92 bits per heavy atom. The van der Waals surface area contributed by atoms with E-state index >= 15 is 0 Å². The molecule has 5 heteroatoms. The molecule has 0 aliphatic carbocycles. The van der Waals surface area contributed by atoms with Gasteiger partial charge in [0.2, 0.25) is 0 Å². The number of nitrogens with two attached hydrogens (primary N) is 1. The number of aromatic amines is 2. The number of nitrogens with zero attached hydrogens (tertiary/aromatic N) is 2. The first-order valence-corrected chi connectivity index (χ1v) is 8.06. The molecule has 0 atom stereocenters. The molecule has 0 saturated heterocycles. The van der Waals surface area contributed by atoms with Crippen LogP contribution in [0.25, 0.3) is 46.4 Å². The number of rotatable bonds is 0. The highest BCUT2D eigenvalue weighted by molar-refractivity contribution is 5.85. The number of nitrogen functional groups attached to an aromatic ring is 1. The van der Waals surface area contributed by atoms with Crippen molar-refractivity contribution in [1.29, 1.82) is 0 Å². The molecule has 0 aromatic carbocycles. The third-order valence-electron chi connectivity index (χ3n) is 4.26. The summed E-state index contributed by atoms with van der Waals surface area (Å²) >= 11 is 0. The van der Waals surface area contributed by atoms with Crippen LogP contribution in [0.5, 0.6) is 0 Å². The molecule has 0 spiro atoms. The van der Waals surface area contributed by atoms with Gasteiger partial charge in [0.1, 0.15) is 0 Å². The Kier molecular flexibility index (Phi) is 2.87. The van der Waals surface area contributed by atoms with Crippen LogP contribution in [0.4, 0.5) is 5.69 Å². The van der Waals surface area contributed by atoms with E-state index in [1.165, 1.54) is 0 Å². The smallest absolute Gasteiger partial charge is 0.0888 e. The fourth-order valence-electron chi connectivity index (χ4n) is 3.03. The van der Waals surface area contributed by atoms with Crippen molar-refractivity contribution >= 4 is 52.1 Å². The molecule has 8 bridgehead atoms. The van der Waals surface area contributed by atoms with Crippen molar-refractivity contribution in [2.75, 3.05) is 5.73 Å². The van der Waals surface area contributed by atoms with Gasteiger partial charge < -0.3 is 15.7 Å². The third kappa shape index (κ3) is 2.52. The molecule has 5 nitrogen and oxygen atoms in total. The van der Waals surface area contributed by atoms with Crippen molar-refractivity contribution in [2.24, 2.45) is 0 Å². The van der Waals surface area contributed by atoms with Crippen LogP contribution in [0, 0.1) is 0 Å². The lowest BCUT2D eigenvalue weighted by Crippen LogP contribution is -1.89. The number of hydrogen-bond acceptors (Lipinski definition) is 3. The van der Waals surface area contributed by atoms with E-state index in [1.54, 1.807) is 0 Å². The van der Waals surface area contributed by atoms with Gasteiger partial charge in [-0.15, -0.1) is 0 Å². The number of anilines is 1. The van der Waals surface area contributed by atoms with Gasteiger partial charge in [-0.3, -0.25) is 0 Å². The van der Waals surface area contributed by atoms with Gasteiger partial charge in [-0.25, -0.2) is 9.97 Å². The van der Waals surface area contributed by atoms with Crippen molar-refractivity contribution in [3.8, 4) is 0 Å². The van der Waals surface area contributed by atoms with E-state index in [0.29, 0.717) is 5.69 Å². The summed E-state index contributed by atoms with van der Waals surface area (Å²) in [5.74, 6) is 0. The van der Waals surface area contributed by atoms with E-state index in [9.17, 15) is 0 Å². The van der Waals surface area contributed by atoms with Gasteiger partial charge in [0, 0.05) is 16.6 Å². The zero-order valence-corrected chi connectivity index (χ0v) is 13.3. The second kappa shape index (κ2) is 5.21. The van der Waals surface area contributed by atoms with Crippen LogP contribution in [0.15, 0.2) is 42.5 Å². The van der Waals surface area contributed by atoms with E-state index in [0.717, 1.165) is 44.8 Å². The van der Waals surface area contributed by atoms with E-state index in [-0.39, 0.29) is 0 Å². The molecule has 5 heterocycles. The molecule has 0 fully saturated rings. The number of H-pyrrole nitrogens is 2. The first-order valence-electron chi connectivity index (χ1n) is 8.06. The number of fused-ring (bicyclic) bond motifs is 8. The maximum Gasteiger partial charge on any atom is 0.0888 e. The first kappa shape index (κ1) is 13.8. The molecule has 2 aliphatic rings. The lowest BCUT2D eigenvalue weighted by Gasteiger charge is -1.93. The quantitative estimate of drug-likeness (QED) is 0.398. The first-order chi connectivity index (χ1) is 12.2. The van der Waals surface area contributed by atoms with Gasteiger partial charge in [0.25, 0.3) is 0 Å². The highest BCUT2D eigenvalue weighted by Gasteiger charge is 2.05. The minimum absolute atomic E-state index is 0.628. The van der Waals surface area contributed by atoms with E-state index in [1.807, 2.05) is 66.8 Å². The van der Waals surface area contributed by atoms with Crippen LogP contribution in [0.1, 0.15) is 22.8 Å². The summed E-state index contributed by atoms with van der Waals surface area (Å²) in [6.45, 7) is 0. The normalized spacial score (nSPS) is 12.6. The summed E-state index contributed by atoms with van der Waals surface area (Å²) in [6.07, 6.45) is 7.90. The molecule has 120 valence electrons. The number of nitrogens with one attached hydrogen (secondary N) is 2. The molecule has 3 aromatic rings. The van der Waals surface area contributed by atoms with Crippen LogP contribution in [-0.4, -0.2) is 19.9 Å². The topological polar surface area (TPSA) is 83.4 Å². The Bertz CT molecular complexity index is 1210. The monoisotopic (exact) mass is 325 g/mol. The van der Waals surface area contributed by atoms with Crippen LogP contribution in [0.2, 0.25) is 0 Å². The molecule has 5 rings (SSSR count). The summed E-state index contributed by atoms with van der Waals surface area (Å²) < 4.78 is 0. The molecule has 0 unspecified atom stereocenters. The Morgan fingerprint density at radius 2 is 1.20 bits per heavy atom. The predicted octanol–water partition coefficient (Wildman–Crippen LogP) is 4.24. The highest BCUT2D eigenvalue weighted by atomic mass is 14.8. The maximum atomic E-state index is 6.29. The predicted molar refractivity (Wildman–Crippen MR) is 103 cm³/mol. The molecular weight excluding hydrogens is 310 g/mol. The fraction of sp³-hybridized carbons (Fsp3) is 0. The molecule has 2 aliphatic heterocycles. The Hall–Kier alpha value is -3.60. The molecule has 0 radical (unpaired) electrons. The second-order valence-corrected chi connectivity index (χ2v) is 6.09. The van der Waals surface area contributed by atoms with Crippen molar-refractivity contribution in [3.63, 3.8) is 0 Å². The standard InChI is InChI=1S/C20H15N5/c21-20-18-7-5-16(24-18)10-14-3-1-12(22-14)9-13-2-4-15(23-13)11-17-6-8-19(20)25-17/h1-11,22,25H,21H2. The molecular formula is C20H15N5. The Balaban J connectivity index is 1.88. The van der Waals surface area contributed by atoms with Gasteiger partial charge in [-0.2, -0.15) is 0 Å². The second-order valence-electron chi connectivity index (χ2n) is 6.09. The van der Waals surface area contributed by atoms with Gasteiger partial charge in [0.05, 0.1) is 34.0 Å². The summed E-state index contributed by atoms with van der Waals surface area (Å²) in [5, 5.41) is 0. The number of hydrogen-bond donors (Lipinski definition) is 3. The van der Waals surface area contributed by atoms with Gasteiger partial charge >= 0.3 is 0 Å². The van der Waals surface area contributed by atoms with Crippen molar-refractivity contribution < 1.29 is 0 Å². The Morgan fingerprint density at radius 1 is 0.640 bits per heavy atom. The minimum atomic E-state index is 0.628. The molecule has 0 amide bonds. The number of aromatic nitrogens is 4. The average Bonchev–Trinajstić information content (AvgIpc) is 3.36. The maximum absolute atomic E-state index is 6.29. The minimum Gasteiger partial charge on any atom is -0.395 e. The van der Waals surface area contributed by atoms with Gasteiger partial charge in [0.15, 0.2) is 0 Å². The van der Waals surface area contributed by atoms with Crippen LogP contribution in [-0.2, 0) is 0 Å². The van der Waals surface area contributed by atoms with Crippen molar-refractivity contribution in [2.45, 2.75) is 0 Å². The molecule has 25 heavy (non-hydrogen) atoms. The summed E-state index contributed by atoms with van der Waals surface area (Å²) in [5.41, 5.74) is 14.2. The largest absolute Gasteiger partial charge is 0.395 e. The molecule has 3 aromatic heterocycles. The van der Waals surface area contributed by atoms with E-state index in [2.05, 4.69) is 19.9 Å². The SMILES string of the molecule is Nc1c2nc(cc3ccc(cc4nc(cc5ccc1[nH]5)C=C4)[nH]3)C=C2. The van der Waals surface area contributed by atoms with Crippen LogP contribution >= 0.6 is 0 Å². The lowest BCUT2D eigenvalue weighted by atomic mass is 10.3. The summed E-state index contributed by atoms with van der Waals surface area (Å²) in [6, 6.07) is 14.0. The fourth-order valence-corrected chi connectivity index (χ4v) is 3.03. The van der Waals surface area contributed by atoms with Crippen molar-refractivity contribution in [1.82, 2.24) is 19.9 Å². The summed E-state index contributed by atoms with van der Waals surface area (Å²) in [4.78, 5) is 15.9.